The van der Waals surface area contributed by atoms with Crippen molar-refractivity contribution in [2.45, 2.75) is 26.4 Å². The molecule has 0 amide bonds. The van der Waals surface area contributed by atoms with Crippen LogP contribution in [0, 0.1) is 5.92 Å². The predicted octanol–water partition coefficient (Wildman–Crippen LogP) is 0.969. The van der Waals surface area contributed by atoms with Gasteiger partial charge >= 0.3 is 11.9 Å². The molecule has 0 bridgehead atoms. The number of carboxylic acids is 1. The van der Waals surface area contributed by atoms with E-state index in [4.69, 9.17) is 5.11 Å². The van der Waals surface area contributed by atoms with E-state index in [9.17, 15) is 9.59 Å². The molecule has 0 fully saturated rings. The molecule has 0 aromatic heterocycles. The van der Waals surface area contributed by atoms with Crippen LogP contribution in [-0.4, -0.2) is 23.1 Å². The Kier molecular flexibility index (Phi) is 2.70. The molecule has 0 spiro atoms. The fraction of sp³-hybridized carbons (Fsp3) is 0.556. The Morgan fingerprint density at radius 1 is 1.69 bits per heavy atom. The van der Waals surface area contributed by atoms with Crippen molar-refractivity contribution in [2.75, 3.05) is 0 Å². The maximum absolute atomic E-state index is 10.9. The first-order chi connectivity index (χ1) is 6.00. The van der Waals surface area contributed by atoms with Gasteiger partial charge in [0.15, 0.2) is 0 Å². The molecule has 1 heterocycles. The van der Waals surface area contributed by atoms with Crippen molar-refractivity contribution >= 4 is 11.9 Å². The first-order valence-electron chi connectivity index (χ1n) is 4.14. The van der Waals surface area contributed by atoms with Gasteiger partial charge in [-0.15, -0.1) is 0 Å². The van der Waals surface area contributed by atoms with E-state index in [1.54, 1.807) is 0 Å². The minimum Gasteiger partial charge on any atom is -0.478 e. The monoisotopic (exact) mass is 184 g/mol. The van der Waals surface area contributed by atoms with Gasteiger partial charge in [-0.05, 0) is 5.92 Å². The summed E-state index contributed by atoms with van der Waals surface area (Å²) in [4.78, 5) is 21.5. The van der Waals surface area contributed by atoms with Crippen LogP contribution in [0.3, 0.4) is 0 Å². The summed E-state index contributed by atoms with van der Waals surface area (Å²) in [6.07, 6.45) is 0.679. The summed E-state index contributed by atoms with van der Waals surface area (Å²) >= 11 is 0. The second kappa shape index (κ2) is 3.60. The van der Waals surface area contributed by atoms with Crippen LogP contribution in [0.1, 0.15) is 20.3 Å². The number of rotatable bonds is 2. The zero-order valence-corrected chi connectivity index (χ0v) is 7.61. The van der Waals surface area contributed by atoms with E-state index in [2.05, 4.69) is 4.74 Å². The topological polar surface area (TPSA) is 63.6 Å². The van der Waals surface area contributed by atoms with Gasteiger partial charge in [0, 0.05) is 12.5 Å². The molecule has 0 radical (unpaired) electrons. The highest BCUT2D eigenvalue weighted by Crippen LogP contribution is 2.22. The van der Waals surface area contributed by atoms with Crippen LogP contribution in [0.2, 0.25) is 0 Å². The van der Waals surface area contributed by atoms with Gasteiger partial charge in [-0.1, -0.05) is 19.4 Å². The lowest BCUT2D eigenvalue weighted by Crippen LogP contribution is -2.31. The molecule has 4 heteroatoms. The van der Waals surface area contributed by atoms with E-state index >= 15 is 0 Å². The van der Waals surface area contributed by atoms with Gasteiger partial charge in [-0.3, -0.25) is 0 Å². The van der Waals surface area contributed by atoms with E-state index in [0.29, 0.717) is 6.42 Å². The molecule has 0 saturated carbocycles. The Morgan fingerprint density at radius 2 is 2.31 bits per heavy atom. The van der Waals surface area contributed by atoms with Gasteiger partial charge in [0.05, 0.1) is 0 Å². The molecule has 1 N–H and O–H groups in total. The van der Waals surface area contributed by atoms with E-state index in [1.165, 1.54) is 6.08 Å². The largest absolute Gasteiger partial charge is 0.478 e. The Bertz CT molecular complexity index is 265. The highest BCUT2D eigenvalue weighted by molar-refractivity contribution is 5.87. The lowest BCUT2D eigenvalue weighted by Gasteiger charge is -2.21. The van der Waals surface area contributed by atoms with E-state index < -0.39 is 18.0 Å². The summed E-state index contributed by atoms with van der Waals surface area (Å²) in [6, 6.07) is 0. The number of ether oxygens (including phenoxy) is 1. The number of carbonyl (C=O) groups excluding carboxylic acids is 1. The average molecular weight is 184 g/mol. The molecule has 0 aromatic carbocycles. The van der Waals surface area contributed by atoms with Crippen LogP contribution in [0.5, 0.6) is 0 Å². The van der Waals surface area contributed by atoms with Gasteiger partial charge < -0.3 is 9.84 Å². The van der Waals surface area contributed by atoms with Gasteiger partial charge in [0.1, 0.15) is 0 Å². The molecule has 0 aromatic rings. The summed E-state index contributed by atoms with van der Waals surface area (Å²) in [5.41, 5.74) is 0.837. The van der Waals surface area contributed by atoms with Crippen molar-refractivity contribution < 1.29 is 19.4 Å². The number of hydrogen-bond acceptors (Lipinski definition) is 3. The average Bonchev–Trinajstić information content (AvgIpc) is 2.03. The molecular weight excluding hydrogens is 172 g/mol. The molecule has 1 aliphatic heterocycles. The van der Waals surface area contributed by atoms with Crippen molar-refractivity contribution in [3.8, 4) is 0 Å². The molecule has 1 atom stereocenters. The minimum absolute atomic E-state index is 0.190. The maximum Gasteiger partial charge on any atom is 0.345 e. The quantitative estimate of drug-likeness (QED) is 0.649. The summed E-state index contributed by atoms with van der Waals surface area (Å²) in [6.45, 7) is 3.84. The fourth-order valence-corrected chi connectivity index (χ4v) is 1.18. The number of carbonyl (C=O) groups is 2. The second-order valence-corrected chi connectivity index (χ2v) is 3.34. The number of aliphatic carboxylic acids is 1. The molecule has 0 unspecified atom stereocenters. The van der Waals surface area contributed by atoms with Gasteiger partial charge in [0.2, 0.25) is 6.10 Å². The van der Waals surface area contributed by atoms with Crippen LogP contribution in [0.4, 0.5) is 0 Å². The molecule has 0 saturated heterocycles. The van der Waals surface area contributed by atoms with Crippen LogP contribution >= 0.6 is 0 Å². The number of carboxylic acid groups (broad SMARTS) is 1. The first kappa shape index (κ1) is 9.77. The standard InChI is InChI=1S/C9H12O4/c1-5(2)6-3-7(9(11)12)13-8(10)4-6/h4-5,7H,3H2,1-2H3,(H,11,12)/t7-/m1/s1. The van der Waals surface area contributed by atoms with Crippen molar-refractivity contribution in [3.63, 3.8) is 0 Å². The summed E-state index contributed by atoms with van der Waals surface area (Å²) < 4.78 is 4.61. The lowest BCUT2D eigenvalue weighted by molar-refractivity contribution is -0.161. The van der Waals surface area contributed by atoms with Gasteiger partial charge in [-0.25, -0.2) is 9.59 Å². The first-order valence-corrected chi connectivity index (χ1v) is 4.14. The molecule has 1 rings (SSSR count). The zero-order chi connectivity index (χ0) is 10.0. The Balaban J connectivity index is 2.79. The normalized spacial score (nSPS) is 22.5. The van der Waals surface area contributed by atoms with Gasteiger partial charge in [-0.2, -0.15) is 0 Å². The van der Waals surface area contributed by atoms with Crippen LogP contribution in [-0.2, 0) is 14.3 Å². The molecule has 1 aliphatic rings. The van der Waals surface area contributed by atoms with E-state index in [1.807, 2.05) is 13.8 Å². The molecule has 0 aliphatic carbocycles. The summed E-state index contributed by atoms with van der Waals surface area (Å²) in [5, 5.41) is 8.65. The van der Waals surface area contributed by atoms with Gasteiger partial charge in [0.25, 0.3) is 0 Å². The SMILES string of the molecule is CC(C)C1=CC(=O)O[C@@H](C(=O)O)C1. The Morgan fingerprint density at radius 3 is 2.77 bits per heavy atom. The van der Waals surface area contributed by atoms with E-state index in [-0.39, 0.29) is 5.92 Å². The molecule has 4 nitrogen and oxygen atoms in total. The summed E-state index contributed by atoms with van der Waals surface area (Å²) in [7, 11) is 0. The van der Waals surface area contributed by atoms with Crippen molar-refractivity contribution in [1.82, 2.24) is 0 Å². The fourth-order valence-electron chi connectivity index (χ4n) is 1.18. The number of hydrogen-bond donors (Lipinski definition) is 1. The van der Waals surface area contributed by atoms with E-state index in [0.717, 1.165) is 5.57 Å². The molecular formula is C9H12O4. The molecule has 13 heavy (non-hydrogen) atoms. The highest BCUT2D eigenvalue weighted by atomic mass is 16.6. The Labute approximate surface area is 76.2 Å². The third-order valence-electron chi connectivity index (χ3n) is 2.00. The van der Waals surface area contributed by atoms with Crippen molar-refractivity contribution in [1.29, 1.82) is 0 Å². The minimum atomic E-state index is -1.08. The van der Waals surface area contributed by atoms with Crippen LogP contribution in [0.25, 0.3) is 0 Å². The lowest BCUT2D eigenvalue weighted by atomic mass is 9.95. The third-order valence-corrected chi connectivity index (χ3v) is 2.00. The highest BCUT2D eigenvalue weighted by Gasteiger charge is 2.28. The summed E-state index contributed by atoms with van der Waals surface area (Å²) in [5.74, 6) is -1.45. The number of esters is 1. The predicted molar refractivity (Wildman–Crippen MR) is 45.1 cm³/mol. The van der Waals surface area contributed by atoms with Crippen LogP contribution < -0.4 is 0 Å². The second-order valence-electron chi connectivity index (χ2n) is 3.34. The van der Waals surface area contributed by atoms with Crippen molar-refractivity contribution in [3.05, 3.63) is 11.6 Å². The maximum atomic E-state index is 10.9. The molecule has 72 valence electrons. The third kappa shape index (κ3) is 2.31. The van der Waals surface area contributed by atoms with Crippen molar-refractivity contribution in [2.24, 2.45) is 5.92 Å². The smallest absolute Gasteiger partial charge is 0.345 e. The Hall–Kier alpha value is -1.32. The number of cyclic esters (lactones) is 1. The zero-order valence-electron chi connectivity index (χ0n) is 7.61. The van der Waals surface area contributed by atoms with Crippen LogP contribution in [0.15, 0.2) is 11.6 Å².